The molecule has 0 amide bonds. The fraction of sp³-hybridized carbons (Fsp3) is 0.692. The number of nitrogens with zero attached hydrogens (tertiary/aromatic N) is 2. The molecule has 1 atom stereocenters. The fourth-order valence-corrected chi connectivity index (χ4v) is 2.11. The van der Waals surface area contributed by atoms with E-state index in [-0.39, 0.29) is 0 Å². The van der Waals surface area contributed by atoms with E-state index in [1.807, 2.05) is 6.20 Å². The maximum Gasteiger partial charge on any atom is 0.0753 e. The Balaban J connectivity index is 1.87. The maximum atomic E-state index is 4.32. The summed E-state index contributed by atoms with van der Waals surface area (Å²) in [7, 11) is 0. The van der Waals surface area contributed by atoms with Crippen molar-refractivity contribution in [3.63, 3.8) is 0 Å². The zero-order valence-corrected chi connectivity index (χ0v) is 10.4. The lowest BCUT2D eigenvalue weighted by Crippen LogP contribution is -2.30. The molecule has 2 rings (SSSR count). The van der Waals surface area contributed by atoms with Crippen molar-refractivity contribution in [2.75, 3.05) is 6.54 Å². The SMILES string of the molecule is CC(NCC1(C(C)C)CC1)c1cnccn1. The van der Waals surface area contributed by atoms with Crippen molar-refractivity contribution in [1.29, 1.82) is 0 Å². The van der Waals surface area contributed by atoms with E-state index in [4.69, 9.17) is 0 Å². The van der Waals surface area contributed by atoms with Gasteiger partial charge in [0.15, 0.2) is 0 Å². The minimum atomic E-state index is 0.296. The van der Waals surface area contributed by atoms with E-state index >= 15 is 0 Å². The summed E-state index contributed by atoms with van der Waals surface area (Å²) >= 11 is 0. The van der Waals surface area contributed by atoms with Crippen molar-refractivity contribution in [2.45, 2.75) is 39.7 Å². The summed E-state index contributed by atoms with van der Waals surface area (Å²) in [6, 6.07) is 0.296. The van der Waals surface area contributed by atoms with Crippen molar-refractivity contribution in [3.8, 4) is 0 Å². The molecule has 1 aromatic rings. The Morgan fingerprint density at radius 2 is 2.06 bits per heavy atom. The molecule has 0 saturated heterocycles. The summed E-state index contributed by atoms with van der Waals surface area (Å²) in [6.45, 7) is 7.90. The Kier molecular flexibility index (Phi) is 3.24. The summed E-state index contributed by atoms with van der Waals surface area (Å²) < 4.78 is 0. The van der Waals surface area contributed by atoms with Gasteiger partial charge in [-0.1, -0.05) is 13.8 Å². The van der Waals surface area contributed by atoms with E-state index in [0.29, 0.717) is 11.5 Å². The largest absolute Gasteiger partial charge is 0.308 e. The van der Waals surface area contributed by atoms with Crippen LogP contribution in [-0.4, -0.2) is 16.5 Å². The normalized spacial score (nSPS) is 19.8. The third-order valence-corrected chi connectivity index (χ3v) is 3.90. The van der Waals surface area contributed by atoms with Crippen LogP contribution in [0.1, 0.15) is 45.3 Å². The fourth-order valence-electron chi connectivity index (χ4n) is 2.11. The van der Waals surface area contributed by atoms with Crippen molar-refractivity contribution in [1.82, 2.24) is 15.3 Å². The molecule has 3 nitrogen and oxygen atoms in total. The van der Waals surface area contributed by atoms with Gasteiger partial charge in [-0.15, -0.1) is 0 Å². The topological polar surface area (TPSA) is 37.8 Å². The molecule has 3 heteroatoms. The first-order valence-corrected chi connectivity index (χ1v) is 6.13. The number of rotatable bonds is 5. The van der Waals surface area contributed by atoms with E-state index in [1.165, 1.54) is 12.8 Å². The van der Waals surface area contributed by atoms with Gasteiger partial charge in [-0.3, -0.25) is 9.97 Å². The van der Waals surface area contributed by atoms with Gasteiger partial charge < -0.3 is 5.32 Å². The molecule has 1 N–H and O–H groups in total. The first kappa shape index (κ1) is 11.5. The zero-order chi connectivity index (χ0) is 11.6. The van der Waals surface area contributed by atoms with Gasteiger partial charge in [0, 0.05) is 31.2 Å². The first-order valence-electron chi connectivity index (χ1n) is 6.13. The van der Waals surface area contributed by atoms with Gasteiger partial charge in [-0.05, 0) is 31.1 Å². The van der Waals surface area contributed by atoms with Crippen LogP contribution < -0.4 is 5.32 Å². The van der Waals surface area contributed by atoms with Gasteiger partial charge in [-0.2, -0.15) is 0 Å². The van der Waals surface area contributed by atoms with Crippen LogP contribution in [0.5, 0.6) is 0 Å². The molecule has 0 bridgehead atoms. The third-order valence-electron chi connectivity index (χ3n) is 3.90. The predicted octanol–water partition coefficient (Wildman–Crippen LogP) is 2.56. The molecule has 0 aromatic carbocycles. The van der Waals surface area contributed by atoms with Crippen LogP contribution in [0.25, 0.3) is 0 Å². The Bertz CT molecular complexity index is 330. The maximum absolute atomic E-state index is 4.32. The molecule has 1 fully saturated rings. The van der Waals surface area contributed by atoms with Crippen LogP contribution in [0.2, 0.25) is 0 Å². The molecule has 0 spiro atoms. The van der Waals surface area contributed by atoms with Crippen LogP contribution in [0, 0.1) is 11.3 Å². The molecule has 1 aromatic heterocycles. The van der Waals surface area contributed by atoms with E-state index < -0.39 is 0 Å². The van der Waals surface area contributed by atoms with Gasteiger partial charge in [0.2, 0.25) is 0 Å². The highest BCUT2D eigenvalue weighted by Crippen LogP contribution is 2.51. The van der Waals surface area contributed by atoms with Gasteiger partial charge in [-0.25, -0.2) is 0 Å². The van der Waals surface area contributed by atoms with Gasteiger partial charge in [0.05, 0.1) is 5.69 Å². The summed E-state index contributed by atoms with van der Waals surface area (Å²) in [5.74, 6) is 0.772. The highest BCUT2D eigenvalue weighted by molar-refractivity contribution is 5.03. The highest BCUT2D eigenvalue weighted by atomic mass is 15.0. The van der Waals surface area contributed by atoms with E-state index in [0.717, 1.165) is 18.2 Å². The Morgan fingerprint density at radius 1 is 1.31 bits per heavy atom. The molecule has 1 heterocycles. The van der Waals surface area contributed by atoms with Crippen molar-refractivity contribution in [3.05, 3.63) is 24.3 Å². The van der Waals surface area contributed by atoms with Crippen LogP contribution in [0.15, 0.2) is 18.6 Å². The quantitative estimate of drug-likeness (QED) is 0.827. The van der Waals surface area contributed by atoms with Gasteiger partial charge in [0.25, 0.3) is 0 Å². The van der Waals surface area contributed by atoms with Crippen LogP contribution >= 0.6 is 0 Å². The highest BCUT2D eigenvalue weighted by Gasteiger charge is 2.44. The summed E-state index contributed by atoms with van der Waals surface area (Å²) in [5.41, 5.74) is 1.58. The average Bonchev–Trinajstić information content (AvgIpc) is 3.08. The first-order chi connectivity index (χ1) is 7.64. The van der Waals surface area contributed by atoms with Crippen molar-refractivity contribution in [2.24, 2.45) is 11.3 Å². The Morgan fingerprint density at radius 3 is 2.56 bits per heavy atom. The molecule has 1 aliphatic carbocycles. The molecular formula is C13H21N3. The number of aromatic nitrogens is 2. The molecule has 0 aliphatic heterocycles. The Labute approximate surface area is 97.7 Å². The van der Waals surface area contributed by atoms with Crippen LogP contribution in [0.3, 0.4) is 0 Å². The monoisotopic (exact) mass is 219 g/mol. The standard InChI is InChI=1S/C13H21N3/c1-10(2)13(4-5-13)9-16-11(3)12-8-14-6-7-15-12/h6-8,10-11,16H,4-5,9H2,1-3H3. The Hall–Kier alpha value is -0.960. The van der Waals surface area contributed by atoms with E-state index in [9.17, 15) is 0 Å². The molecule has 88 valence electrons. The van der Waals surface area contributed by atoms with Crippen molar-refractivity contribution >= 4 is 0 Å². The summed E-state index contributed by atoms with van der Waals surface area (Å²) in [4.78, 5) is 8.42. The van der Waals surface area contributed by atoms with E-state index in [1.54, 1.807) is 12.4 Å². The average molecular weight is 219 g/mol. The molecular weight excluding hydrogens is 198 g/mol. The minimum Gasteiger partial charge on any atom is -0.308 e. The smallest absolute Gasteiger partial charge is 0.0753 e. The van der Waals surface area contributed by atoms with Crippen LogP contribution in [0.4, 0.5) is 0 Å². The van der Waals surface area contributed by atoms with Gasteiger partial charge >= 0.3 is 0 Å². The second-order valence-electron chi connectivity index (χ2n) is 5.25. The summed E-state index contributed by atoms with van der Waals surface area (Å²) in [5, 5.41) is 3.58. The molecule has 1 saturated carbocycles. The third kappa shape index (κ3) is 2.40. The second kappa shape index (κ2) is 4.50. The lowest BCUT2D eigenvalue weighted by atomic mass is 9.92. The van der Waals surface area contributed by atoms with Crippen LogP contribution in [-0.2, 0) is 0 Å². The second-order valence-corrected chi connectivity index (χ2v) is 5.25. The molecule has 16 heavy (non-hydrogen) atoms. The molecule has 1 aliphatic rings. The lowest BCUT2D eigenvalue weighted by Gasteiger charge is -2.22. The molecule has 1 unspecified atom stereocenters. The number of hydrogen-bond acceptors (Lipinski definition) is 3. The molecule has 0 radical (unpaired) electrons. The van der Waals surface area contributed by atoms with Gasteiger partial charge in [0.1, 0.15) is 0 Å². The predicted molar refractivity (Wildman–Crippen MR) is 65.0 cm³/mol. The number of hydrogen-bond donors (Lipinski definition) is 1. The minimum absolute atomic E-state index is 0.296. The lowest BCUT2D eigenvalue weighted by molar-refractivity contribution is 0.323. The zero-order valence-electron chi connectivity index (χ0n) is 10.4. The summed E-state index contributed by atoms with van der Waals surface area (Å²) in [6.07, 6.45) is 8.04. The van der Waals surface area contributed by atoms with Crippen molar-refractivity contribution < 1.29 is 0 Å². The number of nitrogens with one attached hydrogen (secondary N) is 1. The van der Waals surface area contributed by atoms with E-state index in [2.05, 4.69) is 36.1 Å².